The van der Waals surface area contributed by atoms with Crippen molar-refractivity contribution in [1.29, 1.82) is 0 Å². The monoisotopic (exact) mass is 385 g/mol. The van der Waals surface area contributed by atoms with Gasteiger partial charge in [0, 0.05) is 38.9 Å². The van der Waals surface area contributed by atoms with Crippen LogP contribution in [0.15, 0.2) is 47.6 Å². The molecule has 2 aromatic rings. The van der Waals surface area contributed by atoms with Crippen molar-refractivity contribution in [1.82, 2.24) is 15.2 Å². The lowest BCUT2D eigenvalue weighted by Crippen LogP contribution is -2.52. The highest BCUT2D eigenvalue weighted by molar-refractivity contribution is 5.80. The van der Waals surface area contributed by atoms with Gasteiger partial charge >= 0.3 is 0 Å². The number of piperazine rings is 1. The highest BCUT2D eigenvalue weighted by Gasteiger charge is 2.20. The molecule has 28 heavy (non-hydrogen) atoms. The Kier molecular flexibility index (Phi) is 7.06. The first-order valence-electron chi connectivity index (χ1n) is 9.81. The summed E-state index contributed by atoms with van der Waals surface area (Å²) in [6.07, 6.45) is 1.82. The molecule has 0 spiro atoms. The number of benzene rings is 1. The number of ether oxygens (including phenoxy) is 1. The summed E-state index contributed by atoms with van der Waals surface area (Å²) in [6, 6.07) is 11.0. The molecule has 0 radical (unpaired) electrons. The molecule has 150 valence electrons. The van der Waals surface area contributed by atoms with Crippen LogP contribution < -0.4 is 15.0 Å². The Balaban J connectivity index is 1.62. The van der Waals surface area contributed by atoms with Crippen molar-refractivity contribution in [2.45, 2.75) is 20.4 Å². The van der Waals surface area contributed by atoms with Gasteiger partial charge in [0.1, 0.15) is 5.82 Å². The molecule has 3 rings (SSSR count). The van der Waals surface area contributed by atoms with Gasteiger partial charge in [0.25, 0.3) is 0 Å². The zero-order valence-electron chi connectivity index (χ0n) is 16.6. The molecule has 1 aromatic heterocycles. The molecule has 1 fully saturated rings. The Morgan fingerprint density at radius 2 is 2.00 bits per heavy atom. The second-order valence-electron chi connectivity index (χ2n) is 6.53. The first-order valence-corrected chi connectivity index (χ1v) is 9.81. The molecule has 0 atom stereocenters. The van der Waals surface area contributed by atoms with Crippen LogP contribution in [0, 0.1) is 5.82 Å². The van der Waals surface area contributed by atoms with Crippen molar-refractivity contribution in [3.63, 3.8) is 0 Å². The minimum atomic E-state index is -0.344. The van der Waals surface area contributed by atoms with Crippen LogP contribution in [0.25, 0.3) is 0 Å². The molecule has 1 aliphatic rings. The van der Waals surface area contributed by atoms with Gasteiger partial charge in [-0.3, -0.25) is 0 Å². The number of anilines is 1. The third kappa shape index (κ3) is 5.12. The second kappa shape index (κ2) is 9.92. The van der Waals surface area contributed by atoms with Gasteiger partial charge in [0.15, 0.2) is 17.5 Å². The van der Waals surface area contributed by atoms with Gasteiger partial charge in [-0.1, -0.05) is 12.1 Å². The Hall–Kier alpha value is -2.83. The van der Waals surface area contributed by atoms with Crippen molar-refractivity contribution in [3.8, 4) is 5.75 Å². The first kappa shape index (κ1) is 19.9. The van der Waals surface area contributed by atoms with Crippen LogP contribution in [0.2, 0.25) is 0 Å². The fraction of sp³-hybridized carbons (Fsp3) is 0.429. The SMILES string of the molecule is CCNC(=NCc1ccc(OCC)c(F)c1)N1CCN(c2ccccn2)CC1. The fourth-order valence-electron chi connectivity index (χ4n) is 3.20. The van der Waals surface area contributed by atoms with E-state index in [1.807, 2.05) is 37.4 Å². The molecule has 1 aliphatic heterocycles. The summed E-state index contributed by atoms with van der Waals surface area (Å²) >= 11 is 0. The van der Waals surface area contributed by atoms with E-state index in [4.69, 9.17) is 9.73 Å². The summed E-state index contributed by atoms with van der Waals surface area (Å²) in [4.78, 5) is 13.7. The smallest absolute Gasteiger partial charge is 0.194 e. The first-order chi connectivity index (χ1) is 13.7. The van der Waals surface area contributed by atoms with E-state index >= 15 is 0 Å². The summed E-state index contributed by atoms with van der Waals surface area (Å²) in [5, 5.41) is 3.35. The highest BCUT2D eigenvalue weighted by Crippen LogP contribution is 2.19. The van der Waals surface area contributed by atoms with Gasteiger partial charge in [-0.2, -0.15) is 0 Å². The highest BCUT2D eigenvalue weighted by atomic mass is 19.1. The predicted molar refractivity (Wildman–Crippen MR) is 110 cm³/mol. The summed E-state index contributed by atoms with van der Waals surface area (Å²) in [7, 11) is 0. The minimum absolute atomic E-state index is 0.285. The number of hydrogen-bond acceptors (Lipinski definition) is 4. The van der Waals surface area contributed by atoms with E-state index < -0.39 is 0 Å². The summed E-state index contributed by atoms with van der Waals surface area (Å²) < 4.78 is 19.3. The van der Waals surface area contributed by atoms with Crippen LogP contribution >= 0.6 is 0 Å². The second-order valence-corrected chi connectivity index (χ2v) is 6.53. The van der Waals surface area contributed by atoms with E-state index in [9.17, 15) is 4.39 Å². The van der Waals surface area contributed by atoms with Crippen molar-refractivity contribution in [2.75, 3.05) is 44.2 Å². The van der Waals surface area contributed by atoms with E-state index in [2.05, 4.69) is 27.0 Å². The number of nitrogens with zero attached hydrogens (tertiary/aromatic N) is 4. The molecular formula is C21H28FN5O. The molecule has 0 unspecified atom stereocenters. The maximum absolute atomic E-state index is 14.1. The molecule has 1 N–H and O–H groups in total. The van der Waals surface area contributed by atoms with Crippen LogP contribution in [-0.2, 0) is 6.54 Å². The van der Waals surface area contributed by atoms with Gasteiger partial charge < -0.3 is 19.9 Å². The number of aliphatic imine (C=N–C) groups is 1. The Morgan fingerprint density at radius 3 is 2.64 bits per heavy atom. The van der Waals surface area contributed by atoms with Crippen LogP contribution in [0.4, 0.5) is 10.2 Å². The quantitative estimate of drug-likeness (QED) is 0.612. The van der Waals surface area contributed by atoms with Crippen LogP contribution in [0.3, 0.4) is 0 Å². The molecular weight excluding hydrogens is 357 g/mol. The normalized spacial score (nSPS) is 14.9. The number of halogens is 1. The van der Waals surface area contributed by atoms with Gasteiger partial charge in [0.2, 0.25) is 0 Å². The zero-order chi connectivity index (χ0) is 19.8. The maximum atomic E-state index is 14.1. The number of hydrogen-bond donors (Lipinski definition) is 1. The molecule has 0 amide bonds. The Bertz CT molecular complexity index is 776. The van der Waals surface area contributed by atoms with E-state index in [0.717, 1.165) is 50.1 Å². The van der Waals surface area contributed by atoms with E-state index in [1.165, 1.54) is 6.07 Å². The number of pyridine rings is 1. The van der Waals surface area contributed by atoms with Gasteiger partial charge in [-0.15, -0.1) is 0 Å². The molecule has 0 aliphatic carbocycles. The number of guanidine groups is 1. The standard InChI is InChI=1S/C21H28FN5O/c1-3-23-21(25-16-17-8-9-19(28-4-2)18(22)15-17)27-13-11-26(12-14-27)20-7-5-6-10-24-20/h5-10,15H,3-4,11-14,16H2,1-2H3,(H,23,25). The fourth-order valence-corrected chi connectivity index (χ4v) is 3.20. The molecule has 2 heterocycles. The third-order valence-corrected chi connectivity index (χ3v) is 4.59. The van der Waals surface area contributed by atoms with E-state index in [0.29, 0.717) is 13.2 Å². The van der Waals surface area contributed by atoms with E-state index in [1.54, 1.807) is 6.07 Å². The third-order valence-electron chi connectivity index (χ3n) is 4.59. The lowest BCUT2D eigenvalue weighted by Gasteiger charge is -2.37. The number of aromatic nitrogens is 1. The van der Waals surface area contributed by atoms with E-state index in [-0.39, 0.29) is 11.6 Å². The summed E-state index contributed by atoms with van der Waals surface area (Å²) in [6.45, 7) is 9.05. The van der Waals surface area contributed by atoms with Gasteiger partial charge in [-0.25, -0.2) is 14.4 Å². The average Bonchev–Trinajstić information content (AvgIpc) is 2.74. The zero-order valence-corrected chi connectivity index (χ0v) is 16.6. The van der Waals surface area contributed by atoms with Crippen molar-refractivity contribution < 1.29 is 9.13 Å². The maximum Gasteiger partial charge on any atom is 0.194 e. The lowest BCUT2D eigenvalue weighted by atomic mass is 10.2. The van der Waals surface area contributed by atoms with Crippen LogP contribution in [0.5, 0.6) is 5.75 Å². The molecule has 0 bridgehead atoms. The van der Waals surface area contributed by atoms with Crippen LogP contribution in [0.1, 0.15) is 19.4 Å². The predicted octanol–water partition coefficient (Wildman–Crippen LogP) is 2.91. The topological polar surface area (TPSA) is 53.0 Å². The molecule has 1 saturated heterocycles. The molecule has 0 saturated carbocycles. The van der Waals surface area contributed by atoms with Crippen molar-refractivity contribution in [3.05, 3.63) is 54.0 Å². The Labute approximate surface area is 166 Å². The lowest BCUT2D eigenvalue weighted by molar-refractivity contribution is 0.321. The van der Waals surface area contributed by atoms with Crippen LogP contribution in [-0.4, -0.2) is 55.2 Å². The van der Waals surface area contributed by atoms with Crippen molar-refractivity contribution >= 4 is 11.8 Å². The molecule has 1 aromatic carbocycles. The number of nitrogens with one attached hydrogen (secondary N) is 1. The number of rotatable bonds is 6. The molecule has 7 heteroatoms. The summed E-state index contributed by atoms with van der Waals surface area (Å²) in [5.41, 5.74) is 0.823. The van der Waals surface area contributed by atoms with Gasteiger partial charge in [-0.05, 0) is 43.7 Å². The average molecular weight is 385 g/mol. The summed E-state index contributed by atoms with van der Waals surface area (Å²) in [5.74, 6) is 1.81. The molecule has 6 nitrogen and oxygen atoms in total. The van der Waals surface area contributed by atoms with Crippen molar-refractivity contribution in [2.24, 2.45) is 4.99 Å². The Morgan fingerprint density at radius 1 is 1.18 bits per heavy atom. The largest absolute Gasteiger partial charge is 0.491 e. The van der Waals surface area contributed by atoms with Gasteiger partial charge in [0.05, 0.1) is 13.2 Å². The minimum Gasteiger partial charge on any atom is -0.491 e.